The summed E-state index contributed by atoms with van der Waals surface area (Å²) < 4.78 is 0. The standard InChI is InChI=1S/C13H25NO2/c1-2-6-12(11-7-3-4-8-11)14-10-5-9-13(15)16/h11-12,14H,2-10H2,1H3,(H,15,16). The molecule has 3 heteroatoms. The lowest BCUT2D eigenvalue weighted by atomic mass is 9.94. The van der Waals surface area contributed by atoms with Crippen LogP contribution in [0.25, 0.3) is 0 Å². The molecule has 0 spiro atoms. The maximum absolute atomic E-state index is 10.4. The molecule has 2 N–H and O–H groups in total. The average Bonchev–Trinajstić information content (AvgIpc) is 2.75. The fourth-order valence-electron chi connectivity index (χ4n) is 2.70. The van der Waals surface area contributed by atoms with Gasteiger partial charge in [0.25, 0.3) is 0 Å². The summed E-state index contributed by atoms with van der Waals surface area (Å²) in [6.07, 6.45) is 8.96. The lowest BCUT2D eigenvalue weighted by Crippen LogP contribution is -2.35. The van der Waals surface area contributed by atoms with Gasteiger partial charge in [-0.05, 0) is 38.1 Å². The van der Waals surface area contributed by atoms with Crippen molar-refractivity contribution in [3.8, 4) is 0 Å². The molecule has 0 saturated heterocycles. The van der Waals surface area contributed by atoms with E-state index in [9.17, 15) is 4.79 Å². The van der Waals surface area contributed by atoms with Gasteiger partial charge in [-0.15, -0.1) is 0 Å². The second-order valence-electron chi connectivity index (χ2n) is 4.89. The second kappa shape index (κ2) is 7.66. The molecular weight excluding hydrogens is 202 g/mol. The summed E-state index contributed by atoms with van der Waals surface area (Å²) in [6, 6.07) is 0.626. The van der Waals surface area contributed by atoms with E-state index in [0.717, 1.165) is 18.9 Å². The Morgan fingerprint density at radius 2 is 2.12 bits per heavy atom. The Morgan fingerprint density at radius 1 is 1.44 bits per heavy atom. The summed E-state index contributed by atoms with van der Waals surface area (Å²) in [5.41, 5.74) is 0. The highest BCUT2D eigenvalue weighted by atomic mass is 16.4. The molecule has 1 fully saturated rings. The molecule has 3 nitrogen and oxygen atoms in total. The van der Waals surface area contributed by atoms with Crippen LogP contribution in [0.3, 0.4) is 0 Å². The van der Waals surface area contributed by atoms with Gasteiger partial charge in [-0.3, -0.25) is 4.79 Å². The topological polar surface area (TPSA) is 49.3 Å². The van der Waals surface area contributed by atoms with Crippen molar-refractivity contribution in [1.29, 1.82) is 0 Å². The first-order valence-electron chi connectivity index (χ1n) is 6.69. The lowest BCUT2D eigenvalue weighted by molar-refractivity contribution is -0.137. The molecule has 0 heterocycles. The largest absolute Gasteiger partial charge is 0.481 e. The Morgan fingerprint density at radius 3 is 2.69 bits per heavy atom. The quantitative estimate of drug-likeness (QED) is 0.627. The van der Waals surface area contributed by atoms with E-state index in [1.54, 1.807) is 0 Å². The van der Waals surface area contributed by atoms with Gasteiger partial charge >= 0.3 is 5.97 Å². The molecule has 1 saturated carbocycles. The van der Waals surface area contributed by atoms with Crippen molar-refractivity contribution in [3.63, 3.8) is 0 Å². The molecule has 0 aromatic rings. The molecule has 16 heavy (non-hydrogen) atoms. The van der Waals surface area contributed by atoms with Crippen LogP contribution in [0.1, 0.15) is 58.3 Å². The van der Waals surface area contributed by atoms with Crippen molar-refractivity contribution >= 4 is 5.97 Å². The minimum absolute atomic E-state index is 0.288. The van der Waals surface area contributed by atoms with Crippen molar-refractivity contribution in [2.75, 3.05) is 6.54 Å². The first-order chi connectivity index (χ1) is 7.74. The molecule has 0 aromatic carbocycles. The average molecular weight is 227 g/mol. The molecule has 1 rings (SSSR count). The van der Waals surface area contributed by atoms with Gasteiger partial charge in [-0.25, -0.2) is 0 Å². The van der Waals surface area contributed by atoms with Gasteiger partial charge in [0.15, 0.2) is 0 Å². The van der Waals surface area contributed by atoms with E-state index < -0.39 is 5.97 Å². The molecule has 0 aliphatic heterocycles. The summed E-state index contributed by atoms with van der Waals surface area (Å²) in [7, 11) is 0. The van der Waals surface area contributed by atoms with Gasteiger partial charge < -0.3 is 10.4 Å². The summed E-state index contributed by atoms with van der Waals surface area (Å²) >= 11 is 0. The van der Waals surface area contributed by atoms with Crippen molar-refractivity contribution < 1.29 is 9.90 Å². The van der Waals surface area contributed by atoms with Crippen LogP contribution in [-0.2, 0) is 4.79 Å². The number of carbonyl (C=O) groups is 1. The highest BCUT2D eigenvalue weighted by molar-refractivity contribution is 5.66. The van der Waals surface area contributed by atoms with E-state index in [2.05, 4.69) is 12.2 Å². The third-order valence-corrected chi connectivity index (χ3v) is 3.54. The second-order valence-corrected chi connectivity index (χ2v) is 4.89. The first kappa shape index (κ1) is 13.5. The lowest BCUT2D eigenvalue weighted by Gasteiger charge is -2.24. The molecule has 1 atom stereocenters. The highest BCUT2D eigenvalue weighted by Crippen LogP contribution is 2.29. The van der Waals surface area contributed by atoms with E-state index in [4.69, 9.17) is 5.11 Å². The number of carboxylic acids is 1. The Labute approximate surface area is 98.6 Å². The molecule has 1 unspecified atom stereocenters. The highest BCUT2D eigenvalue weighted by Gasteiger charge is 2.23. The zero-order chi connectivity index (χ0) is 11.8. The van der Waals surface area contributed by atoms with E-state index in [0.29, 0.717) is 6.04 Å². The van der Waals surface area contributed by atoms with Crippen molar-refractivity contribution in [2.24, 2.45) is 5.92 Å². The fraction of sp³-hybridized carbons (Fsp3) is 0.923. The number of carboxylic acid groups (broad SMARTS) is 1. The minimum atomic E-state index is -0.685. The van der Waals surface area contributed by atoms with Crippen LogP contribution in [0.15, 0.2) is 0 Å². The smallest absolute Gasteiger partial charge is 0.303 e. The Bertz CT molecular complexity index is 200. The van der Waals surface area contributed by atoms with Crippen LogP contribution in [-0.4, -0.2) is 23.7 Å². The van der Waals surface area contributed by atoms with Gasteiger partial charge in [0.1, 0.15) is 0 Å². The molecule has 1 aliphatic carbocycles. The normalized spacial score (nSPS) is 18.8. The SMILES string of the molecule is CCCC(NCCCC(=O)O)C1CCCC1. The van der Waals surface area contributed by atoms with Crippen LogP contribution in [0, 0.1) is 5.92 Å². The minimum Gasteiger partial charge on any atom is -0.481 e. The van der Waals surface area contributed by atoms with E-state index in [-0.39, 0.29) is 6.42 Å². The monoisotopic (exact) mass is 227 g/mol. The molecule has 0 bridgehead atoms. The predicted molar refractivity (Wildman–Crippen MR) is 65.5 cm³/mol. The predicted octanol–water partition coefficient (Wildman–Crippen LogP) is 2.80. The molecule has 0 radical (unpaired) electrons. The van der Waals surface area contributed by atoms with Gasteiger partial charge in [0.05, 0.1) is 0 Å². The number of hydrogen-bond acceptors (Lipinski definition) is 2. The number of rotatable bonds is 8. The first-order valence-corrected chi connectivity index (χ1v) is 6.69. The number of aliphatic carboxylic acids is 1. The maximum Gasteiger partial charge on any atom is 0.303 e. The van der Waals surface area contributed by atoms with E-state index >= 15 is 0 Å². The Hall–Kier alpha value is -0.570. The van der Waals surface area contributed by atoms with Crippen molar-refractivity contribution in [3.05, 3.63) is 0 Å². The van der Waals surface area contributed by atoms with Crippen LogP contribution in [0.5, 0.6) is 0 Å². The summed E-state index contributed by atoms with van der Waals surface area (Å²) in [4.78, 5) is 10.4. The molecule has 0 amide bonds. The van der Waals surface area contributed by atoms with E-state index in [1.807, 2.05) is 0 Å². The van der Waals surface area contributed by atoms with Crippen LogP contribution in [0.2, 0.25) is 0 Å². The van der Waals surface area contributed by atoms with Gasteiger partial charge in [0.2, 0.25) is 0 Å². The summed E-state index contributed by atoms with van der Waals surface area (Å²) in [5.74, 6) is 0.152. The van der Waals surface area contributed by atoms with Crippen LogP contribution >= 0.6 is 0 Å². The van der Waals surface area contributed by atoms with Gasteiger partial charge in [0, 0.05) is 12.5 Å². The summed E-state index contributed by atoms with van der Waals surface area (Å²) in [5, 5.41) is 12.1. The zero-order valence-electron chi connectivity index (χ0n) is 10.4. The van der Waals surface area contributed by atoms with Crippen molar-refractivity contribution in [1.82, 2.24) is 5.32 Å². The van der Waals surface area contributed by atoms with Crippen LogP contribution in [0.4, 0.5) is 0 Å². The number of hydrogen-bond donors (Lipinski definition) is 2. The molecule has 0 aromatic heterocycles. The van der Waals surface area contributed by atoms with Gasteiger partial charge in [-0.2, -0.15) is 0 Å². The maximum atomic E-state index is 10.4. The molecule has 1 aliphatic rings. The molecular formula is C13H25NO2. The van der Waals surface area contributed by atoms with E-state index in [1.165, 1.54) is 38.5 Å². The van der Waals surface area contributed by atoms with Gasteiger partial charge in [-0.1, -0.05) is 26.2 Å². The third kappa shape index (κ3) is 4.97. The number of nitrogens with one attached hydrogen (secondary N) is 1. The summed E-state index contributed by atoms with van der Waals surface area (Å²) in [6.45, 7) is 3.08. The zero-order valence-corrected chi connectivity index (χ0v) is 10.4. The fourth-order valence-corrected chi connectivity index (χ4v) is 2.70. The Balaban J connectivity index is 2.19. The van der Waals surface area contributed by atoms with Crippen LogP contribution < -0.4 is 5.32 Å². The molecule has 94 valence electrons. The van der Waals surface area contributed by atoms with Crippen molar-refractivity contribution in [2.45, 2.75) is 64.3 Å². The third-order valence-electron chi connectivity index (χ3n) is 3.54. The Kier molecular flexibility index (Phi) is 6.46.